The van der Waals surface area contributed by atoms with Crippen molar-refractivity contribution in [1.82, 2.24) is 4.57 Å². The largest absolute Gasteiger partial charge is 0.467 e. The van der Waals surface area contributed by atoms with Crippen molar-refractivity contribution in [2.45, 2.75) is 13.5 Å². The first-order valence-corrected chi connectivity index (χ1v) is 6.33. The van der Waals surface area contributed by atoms with Crippen molar-refractivity contribution in [2.75, 3.05) is 7.11 Å². The van der Waals surface area contributed by atoms with Crippen LogP contribution in [-0.4, -0.2) is 17.6 Å². The third-order valence-corrected chi connectivity index (χ3v) is 3.50. The quantitative estimate of drug-likeness (QED) is 0.813. The molecular formula is C13H12BrNO4. The molecule has 2 aromatic rings. The summed E-state index contributed by atoms with van der Waals surface area (Å²) in [5.74, 6) is 0.0469. The van der Waals surface area contributed by atoms with Gasteiger partial charge in [0.2, 0.25) is 0 Å². The zero-order valence-corrected chi connectivity index (χ0v) is 12.1. The van der Waals surface area contributed by atoms with Crippen molar-refractivity contribution >= 4 is 21.9 Å². The molecule has 0 radical (unpaired) electrons. The number of aryl methyl sites for hydroxylation is 1. The van der Waals surface area contributed by atoms with Gasteiger partial charge in [0.25, 0.3) is 5.56 Å². The highest BCUT2D eigenvalue weighted by atomic mass is 79.9. The average molecular weight is 326 g/mol. The van der Waals surface area contributed by atoms with Crippen molar-refractivity contribution in [3.63, 3.8) is 0 Å². The van der Waals surface area contributed by atoms with Crippen molar-refractivity contribution < 1.29 is 13.9 Å². The van der Waals surface area contributed by atoms with E-state index >= 15 is 0 Å². The molecule has 0 saturated heterocycles. The van der Waals surface area contributed by atoms with Crippen LogP contribution in [-0.2, 0) is 11.3 Å². The van der Waals surface area contributed by atoms with Gasteiger partial charge in [-0.1, -0.05) is 0 Å². The van der Waals surface area contributed by atoms with Crippen LogP contribution in [0.1, 0.15) is 21.7 Å². The van der Waals surface area contributed by atoms with Crippen LogP contribution in [0.3, 0.4) is 0 Å². The Kier molecular flexibility index (Phi) is 3.90. The monoisotopic (exact) mass is 325 g/mol. The highest BCUT2D eigenvalue weighted by molar-refractivity contribution is 9.10. The van der Waals surface area contributed by atoms with Gasteiger partial charge in [0, 0.05) is 16.7 Å². The summed E-state index contributed by atoms with van der Waals surface area (Å²) in [6, 6.07) is 3.10. The lowest BCUT2D eigenvalue weighted by atomic mass is 10.3. The zero-order valence-electron chi connectivity index (χ0n) is 10.5. The zero-order chi connectivity index (χ0) is 14.0. The van der Waals surface area contributed by atoms with Gasteiger partial charge < -0.3 is 13.7 Å². The van der Waals surface area contributed by atoms with Gasteiger partial charge in [0.1, 0.15) is 12.0 Å². The lowest BCUT2D eigenvalue weighted by molar-refractivity contribution is 0.0600. The van der Waals surface area contributed by atoms with Crippen LogP contribution in [0.15, 0.2) is 38.3 Å². The maximum Gasteiger partial charge on any atom is 0.341 e. The second-order valence-corrected chi connectivity index (χ2v) is 4.92. The van der Waals surface area contributed by atoms with E-state index in [1.54, 1.807) is 12.3 Å². The molecule has 0 aliphatic rings. The minimum absolute atomic E-state index is 0.128. The lowest BCUT2D eigenvalue weighted by Gasteiger charge is -2.05. The maximum absolute atomic E-state index is 11.8. The number of carbonyl (C=O) groups excluding carboxylic acids is 1. The summed E-state index contributed by atoms with van der Waals surface area (Å²) in [6.45, 7) is 2.10. The average Bonchev–Trinajstić information content (AvgIpc) is 2.83. The lowest BCUT2D eigenvalue weighted by Crippen LogP contribution is -2.19. The molecule has 6 heteroatoms. The molecule has 2 aromatic heterocycles. The fourth-order valence-corrected chi connectivity index (χ4v) is 1.98. The third kappa shape index (κ3) is 2.96. The first kappa shape index (κ1) is 13.6. The van der Waals surface area contributed by atoms with Crippen LogP contribution >= 0.6 is 15.9 Å². The molecular weight excluding hydrogens is 314 g/mol. The van der Waals surface area contributed by atoms with Gasteiger partial charge in [0.15, 0.2) is 0 Å². The Morgan fingerprint density at radius 2 is 2.21 bits per heavy atom. The van der Waals surface area contributed by atoms with E-state index in [4.69, 9.17) is 4.42 Å². The van der Waals surface area contributed by atoms with Crippen LogP contribution in [0, 0.1) is 6.92 Å². The Labute approximate surface area is 117 Å². The molecule has 0 fully saturated rings. The number of esters is 1. The number of methoxy groups -OCH3 is 1. The Morgan fingerprint density at radius 1 is 1.47 bits per heavy atom. The number of rotatable bonds is 3. The van der Waals surface area contributed by atoms with Crippen molar-refractivity contribution in [1.29, 1.82) is 0 Å². The predicted octanol–water partition coefficient (Wildman–Crippen LogP) is 2.35. The van der Waals surface area contributed by atoms with Gasteiger partial charge in [-0.25, -0.2) is 4.79 Å². The highest BCUT2D eigenvalue weighted by Crippen LogP contribution is 2.14. The molecule has 2 rings (SSSR count). The van der Waals surface area contributed by atoms with Crippen LogP contribution in [0.5, 0.6) is 0 Å². The smallest absolute Gasteiger partial charge is 0.341 e. The number of halogens is 1. The number of aromatic nitrogens is 1. The van der Waals surface area contributed by atoms with Gasteiger partial charge in [-0.3, -0.25) is 4.79 Å². The number of ether oxygens (including phenoxy) is 1. The van der Waals surface area contributed by atoms with Crippen LogP contribution in [0.4, 0.5) is 0 Å². The molecule has 2 heterocycles. The first-order chi connectivity index (χ1) is 9.01. The second-order valence-electron chi connectivity index (χ2n) is 4.06. The van der Waals surface area contributed by atoms with E-state index < -0.39 is 5.97 Å². The van der Waals surface area contributed by atoms with E-state index in [2.05, 4.69) is 20.7 Å². The van der Waals surface area contributed by atoms with E-state index in [-0.39, 0.29) is 12.1 Å². The molecule has 100 valence electrons. The molecule has 0 bridgehead atoms. The molecule has 0 amide bonds. The van der Waals surface area contributed by atoms with E-state index in [9.17, 15) is 9.59 Å². The topological polar surface area (TPSA) is 61.4 Å². The number of hydrogen-bond donors (Lipinski definition) is 0. The molecule has 0 aliphatic heterocycles. The van der Waals surface area contributed by atoms with E-state index in [1.807, 2.05) is 6.92 Å². The molecule has 0 atom stereocenters. The standard InChI is InChI=1S/C13H12BrNO4/c1-8-3-12(16)15(6-11(8)14)5-10-4-9(7-19-10)13(17)18-2/h3-4,6-7H,5H2,1-2H3. The third-order valence-electron chi connectivity index (χ3n) is 2.67. The Bertz CT molecular complexity index is 672. The van der Waals surface area contributed by atoms with Crippen molar-refractivity contribution in [3.8, 4) is 0 Å². The summed E-state index contributed by atoms with van der Waals surface area (Å²) >= 11 is 3.37. The Morgan fingerprint density at radius 3 is 2.89 bits per heavy atom. The number of pyridine rings is 1. The minimum Gasteiger partial charge on any atom is -0.467 e. The second kappa shape index (κ2) is 5.44. The Hall–Kier alpha value is -1.82. The van der Waals surface area contributed by atoms with Gasteiger partial charge in [0.05, 0.1) is 19.2 Å². The molecule has 0 unspecified atom stereocenters. The molecule has 19 heavy (non-hydrogen) atoms. The molecule has 0 spiro atoms. The predicted molar refractivity (Wildman–Crippen MR) is 72.3 cm³/mol. The van der Waals surface area contributed by atoms with Gasteiger partial charge in [-0.05, 0) is 34.5 Å². The van der Waals surface area contributed by atoms with Crippen LogP contribution in [0.25, 0.3) is 0 Å². The fraction of sp³-hybridized carbons (Fsp3) is 0.231. The number of hydrogen-bond acceptors (Lipinski definition) is 4. The van der Waals surface area contributed by atoms with Gasteiger partial charge in [-0.2, -0.15) is 0 Å². The van der Waals surface area contributed by atoms with Crippen LogP contribution in [0.2, 0.25) is 0 Å². The summed E-state index contributed by atoms with van der Waals surface area (Å²) in [5, 5.41) is 0. The maximum atomic E-state index is 11.8. The first-order valence-electron chi connectivity index (χ1n) is 5.53. The summed E-state index contributed by atoms with van der Waals surface area (Å²) in [4.78, 5) is 23.1. The SMILES string of the molecule is COC(=O)c1coc(Cn2cc(Br)c(C)cc2=O)c1. The van der Waals surface area contributed by atoms with Crippen molar-refractivity contribution in [3.05, 3.63) is 56.3 Å². The van der Waals surface area contributed by atoms with E-state index in [0.717, 1.165) is 10.0 Å². The molecule has 5 nitrogen and oxygen atoms in total. The van der Waals surface area contributed by atoms with Crippen LogP contribution < -0.4 is 5.56 Å². The minimum atomic E-state index is -0.465. The molecule has 0 aromatic carbocycles. The number of furan rings is 1. The van der Waals surface area contributed by atoms with Crippen molar-refractivity contribution in [2.24, 2.45) is 0 Å². The Balaban J connectivity index is 2.27. The summed E-state index contributed by atoms with van der Waals surface area (Å²) < 4.78 is 12.2. The van der Waals surface area contributed by atoms with Gasteiger partial charge in [-0.15, -0.1) is 0 Å². The van der Waals surface area contributed by atoms with E-state index in [1.165, 1.54) is 24.0 Å². The fourth-order valence-electron chi connectivity index (χ4n) is 1.62. The van der Waals surface area contributed by atoms with E-state index in [0.29, 0.717) is 11.3 Å². The highest BCUT2D eigenvalue weighted by Gasteiger charge is 2.11. The molecule has 0 N–H and O–H groups in total. The summed E-state index contributed by atoms with van der Waals surface area (Å²) in [7, 11) is 1.30. The molecule has 0 saturated carbocycles. The molecule has 0 aliphatic carbocycles. The van der Waals surface area contributed by atoms with Gasteiger partial charge >= 0.3 is 5.97 Å². The normalized spacial score (nSPS) is 10.5. The summed E-state index contributed by atoms with van der Waals surface area (Å²) in [5.41, 5.74) is 1.07. The number of nitrogens with zero attached hydrogens (tertiary/aromatic N) is 1. The summed E-state index contributed by atoms with van der Waals surface area (Å²) in [6.07, 6.45) is 3.01. The number of carbonyl (C=O) groups is 1.